The van der Waals surface area contributed by atoms with Crippen LogP contribution in [-0.2, 0) is 9.59 Å². The zero-order chi connectivity index (χ0) is 14.4. The summed E-state index contributed by atoms with van der Waals surface area (Å²) in [6, 6.07) is 9.54. The molecule has 0 spiro atoms. The van der Waals surface area contributed by atoms with Crippen LogP contribution < -0.4 is 5.32 Å². The van der Waals surface area contributed by atoms with Crippen molar-refractivity contribution >= 4 is 23.6 Å². The largest absolute Gasteiger partial charge is 0.294 e. The number of amides is 2. The van der Waals surface area contributed by atoms with Crippen molar-refractivity contribution in [3.05, 3.63) is 42.2 Å². The first-order valence-electron chi connectivity index (χ1n) is 6.61. The van der Waals surface area contributed by atoms with Gasteiger partial charge in [0.25, 0.3) is 0 Å². The fourth-order valence-electron chi connectivity index (χ4n) is 2.90. The summed E-state index contributed by atoms with van der Waals surface area (Å²) < 4.78 is 1.43. The number of nitrogens with one attached hydrogen (secondary N) is 1. The second kappa shape index (κ2) is 4.34. The van der Waals surface area contributed by atoms with Crippen LogP contribution in [0.2, 0.25) is 0 Å². The minimum atomic E-state index is -0.528. The average Bonchev–Trinajstić information content (AvgIpc) is 2.95. The van der Waals surface area contributed by atoms with Crippen LogP contribution >= 0.6 is 0 Å². The van der Waals surface area contributed by atoms with Crippen LogP contribution in [0.25, 0.3) is 0 Å². The number of anilines is 1. The van der Waals surface area contributed by atoms with Crippen molar-refractivity contribution in [2.45, 2.75) is 12.3 Å². The van der Waals surface area contributed by atoms with Crippen LogP contribution in [0.4, 0.5) is 5.95 Å². The Hall–Kier alpha value is -2.83. The molecule has 7 heteroatoms. The fourth-order valence-corrected chi connectivity index (χ4v) is 2.90. The summed E-state index contributed by atoms with van der Waals surface area (Å²) in [5.74, 6) is -0.544. The molecule has 2 aliphatic heterocycles. The number of benzene rings is 1. The van der Waals surface area contributed by atoms with E-state index in [1.165, 1.54) is 11.0 Å². The lowest BCUT2D eigenvalue weighted by atomic mass is 9.79. The lowest BCUT2D eigenvalue weighted by Gasteiger charge is -2.32. The summed E-state index contributed by atoms with van der Waals surface area (Å²) in [5.41, 5.74) is 0.946. The molecule has 1 aromatic carbocycles. The maximum Gasteiger partial charge on any atom is 0.248 e. The van der Waals surface area contributed by atoms with Crippen molar-refractivity contribution in [3.8, 4) is 0 Å². The molecule has 7 nitrogen and oxygen atoms in total. The van der Waals surface area contributed by atoms with E-state index in [1.807, 2.05) is 30.3 Å². The van der Waals surface area contributed by atoms with Crippen molar-refractivity contribution in [1.82, 2.24) is 14.8 Å². The number of carbonyl (C=O) groups is 2. The van der Waals surface area contributed by atoms with E-state index in [1.54, 1.807) is 0 Å². The molecule has 21 heavy (non-hydrogen) atoms. The van der Waals surface area contributed by atoms with E-state index in [4.69, 9.17) is 0 Å². The van der Waals surface area contributed by atoms with E-state index in [9.17, 15) is 9.59 Å². The zero-order valence-corrected chi connectivity index (χ0v) is 10.9. The molecule has 1 N–H and O–H groups in total. The van der Waals surface area contributed by atoms with Gasteiger partial charge < -0.3 is 0 Å². The lowest BCUT2D eigenvalue weighted by Crippen LogP contribution is -2.46. The average molecular weight is 281 g/mol. The number of carbonyl (C=O) groups excluding carboxylic acids is 2. The second-order valence-corrected chi connectivity index (χ2v) is 5.05. The maximum absolute atomic E-state index is 12.4. The monoisotopic (exact) mass is 281 g/mol. The summed E-state index contributed by atoms with van der Waals surface area (Å²) in [5, 5.41) is 6.76. The molecule has 4 rings (SSSR count). The third kappa shape index (κ3) is 1.78. The van der Waals surface area contributed by atoms with Crippen LogP contribution in [-0.4, -0.2) is 32.4 Å². The van der Waals surface area contributed by atoms with Gasteiger partial charge in [0, 0.05) is 12.3 Å². The van der Waals surface area contributed by atoms with Crippen molar-refractivity contribution in [2.75, 3.05) is 5.32 Å². The Morgan fingerprint density at radius 3 is 2.81 bits per heavy atom. The molecule has 1 aromatic heterocycles. The van der Waals surface area contributed by atoms with Gasteiger partial charge in [-0.15, -0.1) is 0 Å². The van der Waals surface area contributed by atoms with Gasteiger partial charge in [-0.25, -0.2) is 0 Å². The molecule has 0 aliphatic carbocycles. The maximum atomic E-state index is 12.4. The van der Waals surface area contributed by atoms with E-state index in [0.717, 1.165) is 5.56 Å². The molecule has 104 valence electrons. The molecule has 2 unspecified atom stereocenters. The summed E-state index contributed by atoms with van der Waals surface area (Å²) >= 11 is 0. The first-order valence-corrected chi connectivity index (χ1v) is 6.61. The molecule has 0 saturated carbocycles. The molecule has 2 amide bonds. The fraction of sp³-hybridized carbons (Fsp3) is 0.214. The molecule has 2 aliphatic rings. The van der Waals surface area contributed by atoms with E-state index >= 15 is 0 Å². The van der Waals surface area contributed by atoms with Crippen LogP contribution in [0.5, 0.6) is 0 Å². The van der Waals surface area contributed by atoms with Gasteiger partial charge in [-0.2, -0.15) is 19.8 Å². The van der Waals surface area contributed by atoms with Crippen LogP contribution in [0.1, 0.15) is 17.9 Å². The molecule has 0 saturated heterocycles. The third-order valence-electron chi connectivity index (χ3n) is 3.82. The highest BCUT2D eigenvalue weighted by molar-refractivity contribution is 6.17. The number of aromatic nitrogens is 3. The Morgan fingerprint density at radius 1 is 1.19 bits per heavy atom. The van der Waals surface area contributed by atoms with E-state index in [-0.39, 0.29) is 24.2 Å². The highest BCUT2D eigenvalue weighted by atomic mass is 16.2. The zero-order valence-electron chi connectivity index (χ0n) is 10.9. The van der Waals surface area contributed by atoms with Crippen molar-refractivity contribution < 1.29 is 9.59 Å². The van der Waals surface area contributed by atoms with Gasteiger partial charge in [0.15, 0.2) is 5.84 Å². The predicted molar refractivity (Wildman–Crippen MR) is 73.8 cm³/mol. The van der Waals surface area contributed by atoms with Gasteiger partial charge in [-0.1, -0.05) is 30.3 Å². The van der Waals surface area contributed by atoms with Gasteiger partial charge in [-0.05, 0) is 5.56 Å². The minimum absolute atomic E-state index is 0.199. The Balaban J connectivity index is 1.86. The standard InChI is InChI=1S/C14H11N5O2/c20-10-6-9(8-4-2-1-3-5-8)11-12(17-10)19-14(15-7-16-19)18-13(11)21/h1-5,7,9,11H,6H2,(H,15,16,18,21). The predicted octanol–water partition coefficient (Wildman–Crippen LogP) is 0.807. The SMILES string of the molecule is O=C1CC(c2ccccc2)C2C(=O)Nc3ncnn3C2=N1. The molecular weight excluding hydrogens is 270 g/mol. The highest BCUT2D eigenvalue weighted by Gasteiger charge is 2.44. The second-order valence-electron chi connectivity index (χ2n) is 5.05. The number of hydrogen-bond acceptors (Lipinski definition) is 4. The minimum Gasteiger partial charge on any atom is -0.294 e. The van der Waals surface area contributed by atoms with Gasteiger partial charge in [0.05, 0.1) is 0 Å². The van der Waals surface area contributed by atoms with E-state index in [0.29, 0.717) is 11.8 Å². The lowest BCUT2D eigenvalue weighted by molar-refractivity contribution is -0.121. The van der Waals surface area contributed by atoms with Crippen molar-refractivity contribution in [3.63, 3.8) is 0 Å². The van der Waals surface area contributed by atoms with Gasteiger partial charge in [-0.3, -0.25) is 14.9 Å². The normalized spacial score (nSPS) is 23.9. The first-order chi connectivity index (χ1) is 10.2. The molecule has 0 bridgehead atoms. The van der Waals surface area contributed by atoms with Crippen molar-refractivity contribution in [1.29, 1.82) is 0 Å². The molecule has 0 radical (unpaired) electrons. The Kier molecular flexibility index (Phi) is 2.47. The number of fused-ring (bicyclic) bond motifs is 3. The van der Waals surface area contributed by atoms with E-state index in [2.05, 4.69) is 20.4 Å². The molecule has 2 atom stereocenters. The first kappa shape index (κ1) is 12.0. The van der Waals surface area contributed by atoms with E-state index < -0.39 is 5.92 Å². The molecule has 2 aromatic rings. The number of rotatable bonds is 1. The highest BCUT2D eigenvalue weighted by Crippen LogP contribution is 2.36. The number of aliphatic imine (C=N–C) groups is 1. The Morgan fingerprint density at radius 2 is 2.00 bits per heavy atom. The number of hydrogen-bond donors (Lipinski definition) is 1. The summed E-state index contributed by atoms with van der Waals surface area (Å²) in [7, 11) is 0. The van der Waals surface area contributed by atoms with Crippen molar-refractivity contribution in [2.24, 2.45) is 10.9 Å². The molecule has 0 fully saturated rings. The third-order valence-corrected chi connectivity index (χ3v) is 3.82. The summed E-state index contributed by atoms with van der Waals surface area (Å²) in [6.07, 6.45) is 1.55. The topological polar surface area (TPSA) is 89.2 Å². The van der Waals surface area contributed by atoms with Crippen LogP contribution in [0, 0.1) is 5.92 Å². The van der Waals surface area contributed by atoms with Gasteiger partial charge >= 0.3 is 0 Å². The number of nitrogens with zero attached hydrogens (tertiary/aromatic N) is 4. The van der Waals surface area contributed by atoms with Crippen LogP contribution in [0.3, 0.4) is 0 Å². The summed E-state index contributed by atoms with van der Waals surface area (Å²) in [4.78, 5) is 32.3. The van der Waals surface area contributed by atoms with Gasteiger partial charge in [0.1, 0.15) is 12.2 Å². The van der Waals surface area contributed by atoms with Crippen LogP contribution in [0.15, 0.2) is 41.7 Å². The smallest absolute Gasteiger partial charge is 0.248 e. The quantitative estimate of drug-likeness (QED) is 0.837. The Labute approximate surface area is 119 Å². The molecule has 3 heterocycles. The Bertz CT molecular complexity index is 765. The summed E-state index contributed by atoms with van der Waals surface area (Å²) in [6.45, 7) is 0. The molecular formula is C14H11N5O2. The van der Waals surface area contributed by atoms with Gasteiger partial charge in [0.2, 0.25) is 17.8 Å².